The molecule has 0 saturated heterocycles. The van der Waals surface area contributed by atoms with Crippen LogP contribution < -0.4 is 5.32 Å². The van der Waals surface area contributed by atoms with Gasteiger partial charge in [0.1, 0.15) is 6.23 Å². The van der Waals surface area contributed by atoms with Gasteiger partial charge in [0.05, 0.1) is 0 Å². The summed E-state index contributed by atoms with van der Waals surface area (Å²) in [7, 11) is 0. The molecule has 1 unspecified atom stereocenters. The first-order chi connectivity index (χ1) is 6.39. The van der Waals surface area contributed by atoms with Crippen molar-refractivity contribution in [3.63, 3.8) is 0 Å². The summed E-state index contributed by atoms with van der Waals surface area (Å²) in [6, 6.07) is 8.16. The molecule has 2 heteroatoms. The van der Waals surface area contributed by atoms with E-state index in [1.807, 2.05) is 12.1 Å². The van der Waals surface area contributed by atoms with Crippen molar-refractivity contribution in [2.45, 2.75) is 39.3 Å². The largest absolute Gasteiger partial charge is 0.374 e. The maximum atomic E-state index is 9.12. The topological polar surface area (TPSA) is 32.3 Å². The summed E-state index contributed by atoms with van der Waals surface area (Å²) in [5.41, 5.74) is 2.44. The Kier molecular flexibility index (Phi) is 3.17. The summed E-state index contributed by atoms with van der Waals surface area (Å²) in [6.07, 6.45) is -0.504. The standard InChI is InChI=1S/C12H19NO/c1-9(14)13-11-7-5-10(6-8-11)12(2,3)4/h5-9,13-14H,1-4H3. The average molecular weight is 193 g/mol. The van der Waals surface area contributed by atoms with E-state index in [2.05, 4.69) is 38.2 Å². The van der Waals surface area contributed by atoms with Crippen LogP contribution in [0.4, 0.5) is 5.69 Å². The highest BCUT2D eigenvalue weighted by Crippen LogP contribution is 2.23. The minimum absolute atomic E-state index is 0.184. The van der Waals surface area contributed by atoms with Gasteiger partial charge in [0.2, 0.25) is 0 Å². The third-order valence-electron chi connectivity index (χ3n) is 2.13. The Balaban J connectivity index is 2.79. The number of aliphatic hydroxyl groups excluding tert-OH is 1. The Morgan fingerprint density at radius 1 is 1.14 bits per heavy atom. The lowest BCUT2D eigenvalue weighted by Crippen LogP contribution is -2.14. The van der Waals surface area contributed by atoms with Gasteiger partial charge in [0.15, 0.2) is 0 Å². The molecule has 0 saturated carbocycles. The number of anilines is 1. The monoisotopic (exact) mass is 193 g/mol. The van der Waals surface area contributed by atoms with Crippen molar-refractivity contribution in [3.05, 3.63) is 29.8 Å². The van der Waals surface area contributed by atoms with Crippen LogP contribution in [-0.2, 0) is 5.41 Å². The molecule has 0 aromatic heterocycles. The summed E-state index contributed by atoms with van der Waals surface area (Å²) in [6.45, 7) is 8.26. The summed E-state index contributed by atoms with van der Waals surface area (Å²) >= 11 is 0. The predicted octanol–water partition coefficient (Wildman–Crippen LogP) is 2.73. The number of benzene rings is 1. The van der Waals surface area contributed by atoms with Crippen molar-refractivity contribution < 1.29 is 5.11 Å². The summed E-state index contributed by atoms with van der Waals surface area (Å²) < 4.78 is 0. The Morgan fingerprint density at radius 3 is 2.00 bits per heavy atom. The second-order valence-corrected chi connectivity index (χ2v) is 4.65. The molecule has 0 aliphatic heterocycles. The predicted molar refractivity (Wildman–Crippen MR) is 60.4 cm³/mol. The smallest absolute Gasteiger partial charge is 0.121 e. The fourth-order valence-corrected chi connectivity index (χ4v) is 1.31. The molecule has 0 fully saturated rings. The Hall–Kier alpha value is -1.02. The van der Waals surface area contributed by atoms with Crippen molar-refractivity contribution in [2.75, 3.05) is 5.32 Å². The molecule has 78 valence electrons. The quantitative estimate of drug-likeness (QED) is 0.708. The van der Waals surface area contributed by atoms with Crippen LogP contribution in [0.15, 0.2) is 24.3 Å². The molecule has 1 aromatic rings. The van der Waals surface area contributed by atoms with Crippen LogP contribution in [0.1, 0.15) is 33.3 Å². The van der Waals surface area contributed by atoms with E-state index in [1.165, 1.54) is 5.56 Å². The molecule has 0 aliphatic rings. The molecule has 1 atom stereocenters. The van der Waals surface area contributed by atoms with E-state index < -0.39 is 6.23 Å². The fraction of sp³-hybridized carbons (Fsp3) is 0.500. The summed E-state index contributed by atoms with van der Waals surface area (Å²) in [4.78, 5) is 0. The molecular formula is C12H19NO. The normalized spacial score (nSPS) is 13.8. The molecule has 1 rings (SSSR count). The van der Waals surface area contributed by atoms with Crippen LogP contribution >= 0.6 is 0 Å². The maximum Gasteiger partial charge on any atom is 0.121 e. The van der Waals surface area contributed by atoms with E-state index in [1.54, 1.807) is 6.92 Å². The molecule has 0 aliphatic carbocycles. The Bertz CT molecular complexity index is 282. The van der Waals surface area contributed by atoms with Crippen LogP contribution in [0.3, 0.4) is 0 Å². The lowest BCUT2D eigenvalue weighted by molar-refractivity contribution is 0.224. The minimum Gasteiger partial charge on any atom is -0.374 e. The number of rotatable bonds is 2. The molecule has 2 nitrogen and oxygen atoms in total. The third-order valence-corrected chi connectivity index (χ3v) is 2.13. The van der Waals surface area contributed by atoms with E-state index in [0.29, 0.717) is 0 Å². The second-order valence-electron chi connectivity index (χ2n) is 4.65. The highest BCUT2D eigenvalue weighted by Gasteiger charge is 2.12. The van der Waals surface area contributed by atoms with Crippen LogP contribution in [-0.4, -0.2) is 11.3 Å². The number of hydrogen-bond donors (Lipinski definition) is 2. The van der Waals surface area contributed by atoms with Crippen molar-refractivity contribution in [1.29, 1.82) is 0 Å². The van der Waals surface area contributed by atoms with E-state index in [-0.39, 0.29) is 5.41 Å². The van der Waals surface area contributed by atoms with Gasteiger partial charge in [0, 0.05) is 5.69 Å². The van der Waals surface area contributed by atoms with Gasteiger partial charge >= 0.3 is 0 Å². The van der Waals surface area contributed by atoms with Crippen LogP contribution in [0.25, 0.3) is 0 Å². The van der Waals surface area contributed by atoms with Gasteiger partial charge in [-0.1, -0.05) is 32.9 Å². The highest BCUT2D eigenvalue weighted by molar-refractivity contribution is 5.45. The number of hydrogen-bond acceptors (Lipinski definition) is 2. The molecule has 0 spiro atoms. The van der Waals surface area contributed by atoms with Gasteiger partial charge in [-0.05, 0) is 30.0 Å². The average Bonchev–Trinajstić information content (AvgIpc) is 2.02. The van der Waals surface area contributed by atoms with E-state index in [9.17, 15) is 0 Å². The van der Waals surface area contributed by atoms with Gasteiger partial charge in [0.25, 0.3) is 0 Å². The van der Waals surface area contributed by atoms with Crippen molar-refractivity contribution in [1.82, 2.24) is 0 Å². The maximum absolute atomic E-state index is 9.12. The van der Waals surface area contributed by atoms with Crippen LogP contribution in [0.2, 0.25) is 0 Å². The van der Waals surface area contributed by atoms with E-state index in [4.69, 9.17) is 5.11 Å². The van der Waals surface area contributed by atoms with E-state index >= 15 is 0 Å². The first-order valence-corrected chi connectivity index (χ1v) is 4.95. The van der Waals surface area contributed by atoms with Crippen LogP contribution in [0.5, 0.6) is 0 Å². The zero-order valence-corrected chi connectivity index (χ0v) is 9.33. The zero-order chi connectivity index (χ0) is 10.8. The lowest BCUT2D eigenvalue weighted by atomic mass is 9.87. The van der Waals surface area contributed by atoms with Crippen LogP contribution in [0, 0.1) is 0 Å². The molecular weight excluding hydrogens is 174 g/mol. The first-order valence-electron chi connectivity index (χ1n) is 4.95. The van der Waals surface area contributed by atoms with Crippen molar-refractivity contribution >= 4 is 5.69 Å². The van der Waals surface area contributed by atoms with Gasteiger partial charge < -0.3 is 10.4 Å². The van der Waals surface area contributed by atoms with Gasteiger partial charge in [-0.25, -0.2) is 0 Å². The number of aliphatic hydroxyl groups is 1. The molecule has 2 N–H and O–H groups in total. The van der Waals surface area contributed by atoms with Gasteiger partial charge in [-0.2, -0.15) is 0 Å². The fourth-order valence-electron chi connectivity index (χ4n) is 1.31. The Morgan fingerprint density at radius 2 is 1.64 bits per heavy atom. The third kappa shape index (κ3) is 3.04. The molecule has 0 heterocycles. The molecule has 0 radical (unpaired) electrons. The molecule has 0 amide bonds. The molecule has 0 bridgehead atoms. The lowest BCUT2D eigenvalue weighted by Gasteiger charge is -2.19. The van der Waals surface area contributed by atoms with Crippen molar-refractivity contribution in [2.24, 2.45) is 0 Å². The second kappa shape index (κ2) is 4.01. The van der Waals surface area contributed by atoms with E-state index in [0.717, 1.165) is 5.69 Å². The molecule has 1 aromatic carbocycles. The summed E-state index contributed by atoms with van der Waals surface area (Å²) in [5, 5.41) is 12.1. The Labute approximate surface area is 86.0 Å². The van der Waals surface area contributed by atoms with Gasteiger partial charge in [-0.15, -0.1) is 0 Å². The highest BCUT2D eigenvalue weighted by atomic mass is 16.3. The minimum atomic E-state index is -0.504. The number of nitrogens with one attached hydrogen (secondary N) is 1. The van der Waals surface area contributed by atoms with Crippen molar-refractivity contribution in [3.8, 4) is 0 Å². The first kappa shape index (κ1) is 11.1. The molecule has 14 heavy (non-hydrogen) atoms. The zero-order valence-electron chi connectivity index (χ0n) is 9.33. The summed E-state index contributed by atoms with van der Waals surface area (Å²) in [5.74, 6) is 0. The van der Waals surface area contributed by atoms with Gasteiger partial charge in [-0.3, -0.25) is 0 Å². The SMILES string of the molecule is CC(O)Nc1ccc(C(C)(C)C)cc1.